The summed E-state index contributed by atoms with van der Waals surface area (Å²) in [6.45, 7) is 0.664. The van der Waals surface area contributed by atoms with Crippen LogP contribution in [-0.4, -0.2) is 46.0 Å². The van der Waals surface area contributed by atoms with Crippen molar-refractivity contribution in [3.05, 3.63) is 71.2 Å². The van der Waals surface area contributed by atoms with Gasteiger partial charge >= 0.3 is 0 Å². The van der Waals surface area contributed by atoms with Crippen molar-refractivity contribution in [3.63, 3.8) is 0 Å². The Kier molecular flexibility index (Phi) is 6.81. The summed E-state index contributed by atoms with van der Waals surface area (Å²) in [5.74, 6) is 1.70. The summed E-state index contributed by atoms with van der Waals surface area (Å²) in [6, 6.07) is 18.5. The van der Waals surface area contributed by atoms with E-state index < -0.39 is 0 Å². The van der Waals surface area contributed by atoms with Gasteiger partial charge in [0.05, 0.1) is 18.7 Å². The van der Waals surface area contributed by atoms with Crippen molar-refractivity contribution in [2.45, 2.75) is 12.8 Å². The molecule has 0 atom stereocenters. The molecule has 0 spiro atoms. The highest BCUT2D eigenvalue weighted by Crippen LogP contribution is 2.26. The molecule has 8 nitrogen and oxygen atoms in total. The first-order valence-electron chi connectivity index (χ1n) is 10.1. The van der Waals surface area contributed by atoms with E-state index >= 15 is 0 Å². The van der Waals surface area contributed by atoms with Gasteiger partial charge in [-0.25, -0.2) is 0 Å². The van der Waals surface area contributed by atoms with E-state index in [2.05, 4.69) is 20.6 Å². The molecule has 0 aliphatic heterocycles. The van der Waals surface area contributed by atoms with Crippen molar-refractivity contribution in [1.29, 1.82) is 0 Å². The lowest BCUT2D eigenvalue weighted by Gasteiger charge is -2.08. The van der Waals surface area contributed by atoms with Gasteiger partial charge in [0.2, 0.25) is 11.8 Å². The molecule has 4 rings (SSSR count). The van der Waals surface area contributed by atoms with Gasteiger partial charge in [0.1, 0.15) is 12.4 Å². The third-order valence-corrected chi connectivity index (χ3v) is 5.16. The molecule has 0 bridgehead atoms. The van der Waals surface area contributed by atoms with Crippen molar-refractivity contribution in [1.82, 2.24) is 25.1 Å². The lowest BCUT2D eigenvalue weighted by atomic mass is 10.1. The van der Waals surface area contributed by atoms with E-state index in [4.69, 9.17) is 21.1 Å². The predicted molar refractivity (Wildman–Crippen MR) is 121 cm³/mol. The van der Waals surface area contributed by atoms with E-state index in [9.17, 15) is 4.79 Å². The molecular weight excluding hydrogens is 430 g/mol. The fraction of sp³-hybridized carbons (Fsp3) is 0.217. The standard InChI is InChI=1S/C23H22ClN5O3/c1-31-17-9-6-16(7-10-17)8-12-21(30)25-14-15-32-22-13-11-20-26-27-23(29(20)28-22)18-4-2-3-5-19(18)24/h2-7,9-11,13H,8,12,14-15H2,1H3,(H,25,30). The number of halogens is 1. The van der Waals surface area contributed by atoms with E-state index in [0.717, 1.165) is 16.9 Å². The van der Waals surface area contributed by atoms with Crippen LogP contribution in [0.15, 0.2) is 60.7 Å². The van der Waals surface area contributed by atoms with Crippen LogP contribution >= 0.6 is 11.6 Å². The second-order valence-electron chi connectivity index (χ2n) is 6.99. The number of nitrogens with one attached hydrogen (secondary N) is 1. The van der Waals surface area contributed by atoms with Gasteiger partial charge in [-0.3, -0.25) is 4.79 Å². The van der Waals surface area contributed by atoms with Gasteiger partial charge in [-0.2, -0.15) is 4.52 Å². The molecule has 2 aromatic carbocycles. The average molecular weight is 452 g/mol. The number of aromatic nitrogens is 4. The van der Waals surface area contributed by atoms with E-state index in [1.165, 1.54) is 0 Å². The topological polar surface area (TPSA) is 90.6 Å². The summed E-state index contributed by atoms with van der Waals surface area (Å²) < 4.78 is 12.4. The number of amides is 1. The SMILES string of the molecule is COc1ccc(CCC(=O)NCCOc2ccc3nnc(-c4ccccc4Cl)n3n2)cc1. The predicted octanol–water partition coefficient (Wildman–Crippen LogP) is 3.58. The Labute approximate surface area is 190 Å². The van der Waals surface area contributed by atoms with Crippen LogP contribution in [-0.2, 0) is 11.2 Å². The smallest absolute Gasteiger partial charge is 0.231 e. The van der Waals surface area contributed by atoms with Crippen LogP contribution in [0.1, 0.15) is 12.0 Å². The Morgan fingerprint density at radius 1 is 1.06 bits per heavy atom. The molecule has 2 heterocycles. The number of fused-ring (bicyclic) bond motifs is 1. The maximum absolute atomic E-state index is 12.1. The Bertz CT molecular complexity index is 1210. The number of hydrogen-bond donors (Lipinski definition) is 1. The summed E-state index contributed by atoms with van der Waals surface area (Å²) in [6.07, 6.45) is 1.06. The average Bonchev–Trinajstić information content (AvgIpc) is 3.24. The molecule has 32 heavy (non-hydrogen) atoms. The van der Waals surface area contributed by atoms with Gasteiger partial charge in [0, 0.05) is 18.1 Å². The Balaban J connectivity index is 1.28. The zero-order chi connectivity index (χ0) is 22.3. The second kappa shape index (κ2) is 10.1. The van der Waals surface area contributed by atoms with Gasteiger partial charge in [-0.15, -0.1) is 15.3 Å². The van der Waals surface area contributed by atoms with E-state index in [0.29, 0.717) is 41.8 Å². The van der Waals surface area contributed by atoms with Crippen LogP contribution in [0.3, 0.4) is 0 Å². The molecule has 0 aliphatic carbocycles. The van der Waals surface area contributed by atoms with Gasteiger partial charge in [0.25, 0.3) is 0 Å². The van der Waals surface area contributed by atoms with Crippen molar-refractivity contribution in [2.24, 2.45) is 0 Å². The molecule has 9 heteroatoms. The normalized spacial score (nSPS) is 10.8. The molecule has 0 unspecified atom stereocenters. The van der Waals surface area contributed by atoms with Crippen molar-refractivity contribution in [3.8, 4) is 23.0 Å². The third-order valence-electron chi connectivity index (χ3n) is 4.83. The molecule has 0 saturated heterocycles. The minimum absolute atomic E-state index is 0.0346. The summed E-state index contributed by atoms with van der Waals surface area (Å²) in [5.41, 5.74) is 2.40. The van der Waals surface area contributed by atoms with Gasteiger partial charge in [-0.1, -0.05) is 35.9 Å². The van der Waals surface area contributed by atoms with Crippen LogP contribution in [0, 0.1) is 0 Å². The highest BCUT2D eigenvalue weighted by atomic mass is 35.5. The van der Waals surface area contributed by atoms with Gasteiger partial charge in [0.15, 0.2) is 11.5 Å². The van der Waals surface area contributed by atoms with E-state index in [1.54, 1.807) is 29.8 Å². The third kappa shape index (κ3) is 5.15. The number of benzene rings is 2. The quantitative estimate of drug-likeness (QED) is 0.391. The van der Waals surface area contributed by atoms with Crippen LogP contribution in [0.4, 0.5) is 0 Å². The molecule has 0 radical (unpaired) electrons. The van der Waals surface area contributed by atoms with E-state index in [-0.39, 0.29) is 12.5 Å². The minimum atomic E-state index is -0.0346. The monoisotopic (exact) mass is 451 g/mol. The van der Waals surface area contributed by atoms with Crippen LogP contribution < -0.4 is 14.8 Å². The molecule has 4 aromatic rings. The summed E-state index contributed by atoms with van der Waals surface area (Å²) >= 11 is 6.28. The highest BCUT2D eigenvalue weighted by molar-refractivity contribution is 6.33. The lowest BCUT2D eigenvalue weighted by Crippen LogP contribution is -2.28. The molecule has 0 fully saturated rings. The number of hydrogen-bond acceptors (Lipinski definition) is 6. The summed E-state index contributed by atoms with van der Waals surface area (Å²) in [4.78, 5) is 12.1. The van der Waals surface area contributed by atoms with Crippen LogP contribution in [0.2, 0.25) is 5.02 Å². The van der Waals surface area contributed by atoms with Crippen LogP contribution in [0.25, 0.3) is 17.0 Å². The van der Waals surface area contributed by atoms with Crippen LogP contribution in [0.5, 0.6) is 11.6 Å². The minimum Gasteiger partial charge on any atom is -0.497 e. The van der Waals surface area contributed by atoms with Crippen molar-refractivity contribution in [2.75, 3.05) is 20.3 Å². The second-order valence-corrected chi connectivity index (χ2v) is 7.40. The number of rotatable bonds is 9. The fourth-order valence-corrected chi connectivity index (χ4v) is 3.36. The zero-order valence-electron chi connectivity index (χ0n) is 17.5. The number of methoxy groups -OCH3 is 1. The molecule has 0 saturated carbocycles. The van der Waals surface area contributed by atoms with Gasteiger partial charge < -0.3 is 14.8 Å². The molecule has 2 aromatic heterocycles. The van der Waals surface area contributed by atoms with Crippen molar-refractivity contribution >= 4 is 23.2 Å². The first-order valence-corrected chi connectivity index (χ1v) is 10.5. The Hall–Kier alpha value is -3.65. The number of nitrogens with zero attached hydrogens (tertiary/aromatic N) is 4. The summed E-state index contributed by atoms with van der Waals surface area (Å²) in [5, 5.41) is 16.2. The largest absolute Gasteiger partial charge is 0.497 e. The molecule has 1 N–H and O–H groups in total. The maximum Gasteiger partial charge on any atom is 0.231 e. The first kappa shape index (κ1) is 21.6. The molecule has 1 amide bonds. The molecule has 164 valence electrons. The zero-order valence-corrected chi connectivity index (χ0v) is 18.2. The Morgan fingerprint density at radius 2 is 1.88 bits per heavy atom. The first-order chi connectivity index (χ1) is 15.6. The van der Waals surface area contributed by atoms with E-state index in [1.807, 2.05) is 42.5 Å². The number of aryl methyl sites for hydroxylation is 1. The number of carbonyl (C=O) groups excluding carboxylic acids is 1. The summed E-state index contributed by atoms with van der Waals surface area (Å²) in [7, 11) is 1.63. The number of ether oxygens (including phenoxy) is 2. The maximum atomic E-state index is 12.1. The lowest BCUT2D eigenvalue weighted by molar-refractivity contribution is -0.121. The van der Waals surface area contributed by atoms with Crippen molar-refractivity contribution < 1.29 is 14.3 Å². The molecule has 0 aliphatic rings. The van der Waals surface area contributed by atoms with Gasteiger partial charge in [-0.05, 0) is 42.3 Å². The fourth-order valence-electron chi connectivity index (χ4n) is 3.14. The Morgan fingerprint density at radius 3 is 2.66 bits per heavy atom. The number of carbonyl (C=O) groups is 1. The molecular formula is C23H22ClN5O3. The highest BCUT2D eigenvalue weighted by Gasteiger charge is 2.13.